The summed E-state index contributed by atoms with van der Waals surface area (Å²) in [6, 6.07) is 69.6. The maximum absolute atomic E-state index is 14.6. The molecule has 0 unspecified atom stereocenters. The quantitative estimate of drug-likeness (QED) is 0.0653. The molecule has 0 spiro atoms. The van der Waals surface area contributed by atoms with Gasteiger partial charge in [0.15, 0.2) is 5.82 Å². The van der Waals surface area contributed by atoms with Crippen molar-refractivity contribution in [3.63, 3.8) is 0 Å². The lowest BCUT2D eigenvalue weighted by Gasteiger charge is -2.32. The fourth-order valence-corrected chi connectivity index (χ4v) is 18.6. The van der Waals surface area contributed by atoms with E-state index in [1.807, 2.05) is 109 Å². The number of hydrogen-bond acceptors (Lipinski definition) is 20. The van der Waals surface area contributed by atoms with Gasteiger partial charge in [-0.05, 0) is 188 Å². The van der Waals surface area contributed by atoms with Crippen molar-refractivity contribution in [1.29, 1.82) is 0 Å². The van der Waals surface area contributed by atoms with Gasteiger partial charge < -0.3 is 21.3 Å². The average molecular weight is 1790 g/mol. The molecule has 640 valence electrons. The molecule has 7 aromatic heterocycles. The van der Waals surface area contributed by atoms with Gasteiger partial charge in [0.05, 0.1) is 113 Å². The van der Waals surface area contributed by atoms with Crippen LogP contribution in [-0.2, 0) is 40.1 Å². The van der Waals surface area contributed by atoms with Crippen molar-refractivity contribution in [2.75, 3.05) is 87.7 Å². The lowest BCUT2D eigenvalue weighted by atomic mass is 10.1. The lowest BCUT2D eigenvalue weighted by molar-refractivity contribution is 0.101. The van der Waals surface area contributed by atoms with Gasteiger partial charge in [-0.3, -0.25) is 56.3 Å². The number of pyridine rings is 6. The number of benzene rings is 9. The molecule has 4 fully saturated rings. The minimum absolute atomic E-state index is 0.0358. The zero-order valence-corrected chi connectivity index (χ0v) is 70.0. The van der Waals surface area contributed by atoms with Crippen molar-refractivity contribution in [2.24, 2.45) is 0 Å². The topological polar surface area (TPSA) is 369 Å². The first-order chi connectivity index (χ1) is 61.6. The van der Waals surface area contributed by atoms with Crippen LogP contribution in [0.4, 0.5) is 63.1 Å². The highest BCUT2D eigenvalue weighted by Gasteiger charge is 2.37. The number of aromatic nitrogens is 8. The first-order valence-electron chi connectivity index (χ1n) is 39.4. The van der Waals surface area contributed by atoms with Crippen molar-refractivity contribution >= 4 is 153 Å². The Kier molecular flexibility index (Phi) is 23.4. The van der Waals surface area contributed by atoms with Crippen molar-refractivity contribution in [3.05, 3.63) is 337 Å². The number of anilines is 8. The molecule has 36 heteroatoms. The molecule has 4 aliphatic heterocycles. The normalized spacial score (nSPS) is 14.7. The van der Waals surface area contributed by atoms with Crippen LogP contribution in [0.1, 0.15) is 41.4 Å². The Morgan fingerprint density at radius 3 is 1.13 bits per heavy atom. The van der Waals surface area contributed by atoms with Crippen LogP contribution >= 0.6 is 0 Å². The van der Waals surface area contributed by atoms with Gasteiger partial charge in [-0.2, -0.15) is 0 Å². The zero-order valence-electron chi connectivity index (χ0n) is 66.8. The molecule has 4 N–H and O–H groups in total. The first-order valence-corrected chi connectivity index (χ1v) is 45.8. The average Bonchev–Trinajstić information content (AvgIpc) is 0.784. The van der Waals surface area contributed by atoms with E-state index < -0.39 is 87.0 Å². The second-order valence-electron chi connectivity index (χ2n) is 29.3. The Hall–Kier alpha value is -15.4. The number of halogens is 4. The molecule has 0 atom stereocenters. The Labute approximate surface area is 729 Å². The van der Waals surface area contributed by atoms with E-state index in [1.165, 1.54) is 48.5 Å². The second kappa shape index (κ2) is 35.3. The minimum Gasteiger partial charge on any atom is -0.322 e. The van der Waals surface area contributed by atoms with Gasteiger partial charge in [-0.15, -0.1) is 0 Å². The number of carbonyl (C=O) groups is 4. The summed E-state index contributed by atoms with van der Waals surface area (Å²) in [4.78, 5) is 85.9. The number of hydrogen-bond donors (Lipinski definition) is 4. The van der Waals surface area contributed by atoms with Crippen LogP contribution in [0.5, 0.6) is 0 Å². The van der Waals surface area contributed by atoms with Crippen LogP contribution in [-0.4, -0.2) is 146 Å². The molecule has 0 aliphatic carbocycles. The van der Waals surface area contributed by atoms with Crippen LogP contribution in [0.25, 0.3) is 88.9 Å². The molecule has 4 saturated heterocycles. The van der Waals surface area contributed by atoms with Crippen LogP contribution in [0.15, 0.2) is 292 Å². The minimum atomic E-state index is -3.36. The summed E-state index contributed by atoms with van der Waals surface area (Å²) in [7, 11) is -13.5. The van der Waals surface area contributed by atoms with Gasteiger partial charge in [-0.25, -0.2) is 71.2 Å². The fraction of sp³-hybridized carbons (Fsp3) is 0.0870. The number of nitrogens with zero attached hydrogens (tertiary/aromatic N) is 12. The van der Waals surface area contributed by atoms with Crippen molar-refractivity contribution < 1.29 is 70.4 Å². The Morgan fingerprint density at radius 2 is 0.680 bits per heavy atom. The van der Waals surface area contributed by atoms with E-state index in [9.17, 15) is 70.4 Å². The SMILES string of the molecule is O=C(Nc1cccc(-c2ccc3cnccc3n2)c1)c1ccc(N2CCS2(=O)=O)cc1F.O=C(Nc1cccc(-c2ccc3ncccc3n2)c1)c1ccc(N2CCS2(=O)=O)cc1F.O=C(Nc1cccc(-c2ncc3ccccc3n2)c1)c1ccc(N2CCS2(=O)=O)cc1F.O=C(Nc1cccc(-c2nccc3ncccc23)c1)c1ccc(N2CCS2(=O)=O)cc1F. The predicted octanol–water partition coefficient (Wildman–Crippen LogP) is 15.4. The third-order valence-corrected chi connectivity index (χ3v) is 28.1. The Balaban J connectivity index is 0.000000120. The smallest absolute Gasteiger partial charge is 0.258 e. The molecule has 16 aromatic rings. The summed E-state index contributed by atoms with van der Waals surface area (Å²) in [5.74, 6) is -5.05. The van der Waals surface area contributed by atoms with Gasteiger partial charge in [-0.1, -0.05) is 66.7 Å². The molecule has 0 saturated carbocycles. The molecule has 20 rings (SSSR count). The Morgan fingerprint density at radius 1 is 0.297 bits per heavy atom. The van der Waals surface area contributed by atoms with Gasteiger partial charge >= 0.3 is 0 Å². The van der Waals surface area contributed by atoms with Gasteiger partial charge in [0.25, 0.3) is 23.6 Å². The largest absolute Gasteiger partial charge is 0.322 e. The third kappa shape index (κ3) is 18.3. The fourth-order valence-electron chi connectivity index (χ4n) is 14.2. The molecule has 28 nitrogen and oxygen atoms in total. The molecule has 0 radical (unpaired) electrons. The van der Waals surface area contributed by atoms with E-state index >= 15 is 0 Å². The zero-order chi connectivity index (χ0) is 89.2. The van der Waals surface area contributed by atoms with Gasteiger partial charge in [0.1, 0.15) is 23.3 Å². The van der Waals surface area contributed by atoms with E-state index in [0.717, 1.165) is 113 Å². The summed E-state index contributed by atoms with van der Waals surface area (Å²) in [5, 5.41) is 13.5. The number of sulfonamides is 4. The lowest BCUT2D eigenvalue weighted by Crippen LogP contribution is -2.47. The number of carbonyl (C=O) groups excluding carboxylic acids is 4. The summed E-state index contributed by atoms with van der Waals surface area (Å²) in [6.45, 7) is 1.22. The maximum atomic E-state index is 14.6. The van der Waals surface area contributed by atoms with Gasteiger partial charge in [0.2, 0.25) is 40.1 Å². The number of para-hydroxylation sites is 1. The molecule has 9 aromatic carbocycles. The van der Waals surface area contributed by atoms with E-state index in [1.54, 1.807) is 110 Å². The Bertz CT molecular complexity index is 7140. The van der Waals surface area contributed by atoms with E-state index in [4.69, 9.17) is 0 Å². The highest BCUT2D eigenvalue weighted by molar-refractivity contribution is 7.95. The number of amides is 4. The second-order valence-corrected chi connectivity index (χ2v) is 37.4. The summed E-state index contributed by atoms with van der Waals surface area (Å²) in [5.41, 5.74) is 11.2. The molecule has 4 amide bonds. The van der Waals surface area contributed by atoms with Crippen molar-refractivity contribution in [3.8, 4) is 45.2 Å². The van der Waals surface area contributed by atoms with Crippen LogP contribution in [0, 0.1) is 23.3 Å². The van der Waals surface area contributed by atoms with Crippen molar-refractivity contribution in [2.45, 2.75) is 0 Å². The number of rotatable bonds is 16. The summed E-state index contributed by atoms with van der Waals surface area (Å²) < 4.78 is 157. The molecule has 4 aliphatic rings. The van der Waals surface area contributed by atoms with E-state index in [0.29, 0.717) is 66.0 Å². The first kappa shape index (κ1) is 84.8. The van der Waals surface area contributed by atoms with Crippen LogP contribution in [0.2, 0.25) is 0 Å². The molecule has 0 bridgehead atoms. The molecule has 11 heterocycles. The number of fused-ring (bicyclic) bond motifs is 4. The summed E-state index contributed by atoms with van der Waals surface area (Å²) in [6.07, 6.45) is 10.2. The predicted molar refractivity (Wildman–Crippen MR) is 482 cm³/mol. The highest BCUT2D eigenvalue weighted by Crippen LogP contribution is 2.35. The highest BCUT2D eigenvalue weighted by atomic mass is 32.2. The van der Waals surface area contributed by atoms with Crippen LogP contribution < -0.4 is 38.5 Å². The van der Waals surface area contributed by atoms with Gasteiger partial charge in [0, 0.05) is 125 Å². The van der Waals surface area contributed by atoms with E-state index in [-0.39, 0.29) is 68.0 Å². The van der Waals surface area contributed by atoms with Crippen molar-refractivity contribution in [1.82, 2.24) is 39.9 Å². The van der Waals surface area contributed by atoms with E-state index in [2.05, 4.69) is 61.1 Å². The molecular weight excluding hydrogens is 1730 g/mol. The van der Waals surface area contributed by atoms with Crippen LogP contribution in [0.3, 0.4) is 0 Å². The maximum Gasteiger partial charge on any atom is 0.258 e. The monoisotopic (exact) mass is 1790 g/mol. The molecule has 128 heavy (non-hydrogen) atoms. The molecular formula is C92H68F4N16O12S4. The third-order valence-electron chi connectivity index (χ3n) is 21.1. The standard InChI is InChI=1S/4C23H17FN4O3S/c24-19-14-17(28-11-12-32(28,30)31)6-7-18(19)23(29)26-16-4-1-3-15(13-16)20-8-9-21-22(27-20)5-2-10-25-21;24-20-14-17(28-11-12-32(28,30)31)6-7-18(20)23(29)27-16-4-1-3-15(13-16)22-19-5-2-9-25-21(19)8-10-26-22;24-20-13-18(28-10-11-32(28,30)31)8-9-19(20)23(29)26-17-6-3-5-15(12-17)22-25-14-16-4-1-2-7-21(16)27-22;24-20-13-18(28-10-11-32(28,30)31)5-6-19(20)23(29)26-17-3-1-2-15(12-17)21-7-4-16-14-25-9-8-22(16)27-21/h1-10,13-14H,11-12H2,(H,26,29);1-10,13-14H,11-12H2,(H,27,29);2*1-9,12-14H,10-11H2,(H,26,29). The summed E-state index contributed by atoms with van der Waals surface area (Å²) >= 11 is 0. The number of nitrogens with one attached hydrogen (secondary N) is 4.